The van der Waals surface area contributed by atoms with Crippen molar-refractivity contribution in [2.45, 2.75) is 37.8 Å². The van der Waals surface area contributed by atoms with Crippen molar-refractivity contribution < 1.29 is 4.79 Å². The molecule has 1 aliphatic rings. The Morgan fingerprint density at radius 1 is 1.45 bits per heavy atom. The number of nitrogens with zero attached hydrogens (tertiary/aromatic N) is 1. The van der Waals surface area contributed by atoms with E-state index in [1.165, 1.54) is 6.20 Å². The van der Waals surface area contributed by atoms with Gasteiger partial charge in [0.05, 0.1) is 10.0 Å². The summed E-state index contributed by atoms with van der Waals surface area (Å²) in [6.07, 6.45) is 5.12. The molecule has 1 aromatic rings. The number of amides is 1. The first-order chi connectivity index (χ1) is 9.46. The highest BCUT2D eigenvalue weighted by Gasteiger charge is 2.33. The highest BCUT2D eigenvalue weighted by Crippen LogP contribution is 2.28. The normalized spacial score (nSPS) is 17.1. The van der Waals surface area contributed by atoms with E-state index in [2.05, 4.69) is 26.2 Å². The molecule has 110 valence electrons. The Morgan fingerprint density at radius 2 is 2.10 bits per heavy atom. The van der Waals surface area contributed by atoms with Gasteiger partial charge in [-0.2, -0.15) is 0 Å². The number of nitrogens with two attached hydrogens (primary N) is 1. The maximum Gasteiger partial charge on any atom is 0.328 e. The molecule has 1 saturated carbocycles. The predicted octanol–water partition coefficient (Wildman–Crippen LogP) is -0.313. The van der Waals surface area contributed by atoms with Crippen LogP contribution in [0.3, 0.4) is 0 Å². The number of carbonyl (C=O) groups is 1. The molecule has 0 bridgehead atoms. The topological polar surface area (TPSA) is 110 Å². The zero-order valence-electron chi connectivity index (χ0n) is 10.9. The number of hydrogen-bond donors (Lipinski definition) is 3. The minimum atomic E-state index is -0.610. The summed E-state index contributed by atoms with van der Waals surface area (Å²) >= 11 is 3.03. The molecule has 2 rings (SSSR count). The number of hydrogen-bond acceptors (Lipinski definition) is 4. The van der Waals surface area contributed by atoms with Crippen LogP contribution in [0, 0.1) is 0 Å². The lowest BCUT2D eigenvalue weighted by atomic mass is 9.98. The lowest BCUT2D eigenvalue weighted by Crippen LogP contribution is -2.53. The molecular weight excluding hydrogens is 328 g/mol. The van der Waals surface area contributed by atoms with Gasteiger partial charge in [-0.3, -0.25) is 19.1 Å². The molecule has 0 aromatic carbocycles. The van der Waals surface area contributed by atoms with Gasteiger partial charge < -0.3 is 11.1 Å². The van der Waals surface area contributed by atoms with Gasteiger partial charge in [0, 0.05) is 12.7 Å². The molecule has 1 amide bonds. The minimum absolute atomic E-state index is 0.143. The molecule has 20 heavy (non-hydrogen) atoms. The van der Waals surface area contributed by atoms with Crippen molar-refractivity contribution in [1.82, 2.24) is 14.9 Å². The number of aromatic nitrogens is 2. The average Bonchev–Trinajstić information content (AvgIpc) is 2.85. The van der Waals surface area contributed by atoms with Crippen LogP contribution in [0.2, 0.25) is 0 Å². The van der Waals surface area contributed by atoms with E-state index in [1.807, 2.05) is 0 Å². The molecule has 0 aliphatic heterocycles. The summed E-state index contributed by atoms with van der Waals surface area (Å²) in [6, 6.07) is 0. The highest BCUT2D eigenvalue weighted by atomic mass is 79.9. The molecule has 0 atom stereocenters. The van der Waals surface area contributed by atoms with Crippen LogP contribution in [0.1, 0.15) is 25.7 Å². The zero-order valence-corrected chi connectivity index (χ0v) is 12.5. The highest BCUT2D eigenvalue weighted by molar-refractivity contribution is 9.10. The molecule has 0 saturated heterocycles. The summed E-state index contributed by atoms with van der Waals surface area (Å²) in [5.74, 6) is -0.279. The summed E-state index contributed by atoms with van der Waals surface area (Å²) < 4.78 is 1.36. The Hall–Kier alpha value is -1.41. The van der Waals surface area contributed by atoms with Crippen LogP contribution in [0.15, 0.2) is 20.3 Å². The van der Waals surface area contributed by atoms with E-state index in [9.17, 15) is 14.4 Å². The molecule has 0 unspecified atom stereocenters. The van der Waals surface area contributed by atoms with E-state index in [0.717, 1.165) is 30.3 Å². The quantitative estimate of drug-likeness (QED) is 0.695. The fourth-order valence-electron chi connectivity index (χ4n) is 2.52. The SMILES string of the molecule is NCC1(NC(=O)Cn2cc(Br)c(=O)[nH]c2=O)CCCC1. The Bertz CT molecular complexity index is 616. The number of carbonyl (C=O) groups excluding carboxylic acids is 1. The second kappa shape index (κ2) is 5.92. The van der Waals surface area contributed by atoms with Crippen molar-refractivity contribution in [1.29, 1.82) is 0 Å². The first-order valence-corrected chi connectivity index (χ1v) is 7.25. The maximum atomic E-state index is 12.0. The van der Waals surface area contributed by atoms with Gasteiger partial charge in [0.25, 0.3) is 5.56 Å². The number of nitrogens with one attached hydrogen (secondary N) is 2. The van der Waals surface area contributed by atoms with Crippen molar-refractivity contribution in [3.05, 3.63) is 31.5 Å². The summed E-state index contributed by atoms with van der Waals surface area (Å²) in [7, 11) is 0. The molecule has 7 nitrogen and oxygen atoms in total. The average molecular weight is 345 g/mol. The molecule has 1 aliphatic carbocycles. The van der Waals surface area contributed by atoms with Gasteiger partial charge in [-0.15, -0.1) is 0 Å². The molecule has 1 aromatic heterocycles. The van der Waals surface area contributed by atoms with Crippen molar-refractivity contribution in [3.8, 4) is 0 Å². The smallest absolute Gasteiger partial charge is 0.328 e. The largest absolute Gasteiger partial charge is 0.348 e. The van der Waals surface area contributed by atoms with E-state index in [1.54, 1.807) is 0 Å². The fourth-order valence-corrected chi connectivity index (χ4v) is 2.87. The molecule has 1 heterocycles. The molecule has 8 heteroatoms. The number of aromatic amines is 1. The van der Waals surface area contributed by atoms with E-state index in [0.29, 0.717) is 6.54 Å². The Kier molecular flexibility index (Phi) is 4.44. The van der Waals surface area contributed by atoms with Crippen LogP contribution < -0.4 is 22.3 Å². The third-order valence-corrected chi connectivity index (χ3v) is 4.20. The van der Waals surface area contributed by atoms with E-state index >= 15 is 0 Å². The van der Waals surface area contributed by atoms with E-state index in [-0.39, 0.29) is 22.5 Å². The van der Waals surface area contributed by atoms with Gasteiger partial charge in [0.15, 0.2) is 0 Å². The van der Waals surface area contributed by atoms with Crippen molar-refractivity contribution in [2.24, 2.45) is 5.73 Å². The number of H-pyrrole nitrogens is 1. The first-order valence-electron chi connectivity index (χ1n) is 6.46. The molecule has 0 spiro atoms. The molecular formula is C12H17BrN4O3. The van der Waals surface area contributed by atoms with Gasteiger partial charge in [0.2, 0.25) is 5.91 Å². The Morgan fingerprint density at radius 3 is 2.70 bits per heavy atom. The van der Waals surface area contributed by atoms with Crippen molar-refractivity contribution in [2.75, 3.05) is 6.54 Å². The van der Waals surface area contributed by atoms with Gasteiger partial charge in [0.1, 0.15) is 6.54 Å². The summed E-state index contributed by atoms with van der Waals surface area (Å²) in [4.78, 5) is 37.0. The first kappa shape index (κ1) is 15.0. The summed E-state index contributed by atoms with van der Waals surface area (Å²) in [5, 5.41) is 2.92. The second-order valence-electron chi connectivity index (χ2n) is 5.10. The second-order valence-corrected chi connectivity index (χ2v) is 5.96. The van der Waals surface area contributed by atoms with E-state index < -0.39 is 11.2 Å². The Balaban J connectivity index is 2.10. The van der Waals surface area contributed by atoms with Crippen LogP contribution in [-0.4, -0.2) is 27.5 Å². The summed E-state index contributed by atoms with van der Waals surface area (Å²) in [5.41, 5.74) is 4.28. The number of rotatable bonds is 4. The fraction of sp³-hybridized carbons (Fsp3) is 0.583. The van der Waals surface area contributed by atoms with Crippen molar-refractivity contribution >= 4 is 21.8 Å². The van der Waals surface area contributed by atoms with Gasteiger partial charge in [-0.25, -0.2) is 4.79 Å². The predicted molar refractivity (Wildman–Crippen MR) is 77.4 cm³/mol. The summed E-state index contributed by atoms with van der Waals surface area (Å²) in [6.45, 7) is 0.249. The maximum absolute atomic E-state index is 12.0. The standard InChI is InChI=1S/C12H17BrN4O3/c13-8-5-17(11(20)15-10(8)19)6-9(18)16-12(7-14)3-1-2-4-12/h5H,1-4,6-7,14H2,(H,16,18)(H,15,19,20). The third kappa shape index (κ3) is 3.18. The lowest BCUT2D eigenvalue weighted by Gasteiger charge is -2.28. The molecule has 1 fully saturated rings. The van der Waals surface area contributed by atoms with Crippen LogP contribution in [0.4, 0.5) is 0 Å². The molecule has 4 N–H and O–H groups in total. The monoisotopic (exact) mass is 344 g/mol. The van der Waals surface area contributed by atoms with Crippen LogP contribution in [0.25, 0.3) is 0 Å². The zero-order chi connectivity index (χ0) is 14.8. The lowest BCUT2D eigenvalue weighted by molar-refractivity contribution is -0.123. The Labute approximate surface area is 123 Å². The third-order valence-electron chi connectivity index (χ3n) is 3.64. The van der Waals surface area contributed by atoms with Crippen LogP contribution >= 0.6 is 15.9 Å². The molecule has 0 radical (unpaired) electrons. The minimum Gasteiger partial charge on any atom is -0.348 e. The van der Waals surface area contributed by atoms with E-state index in [4.69, 9.17) is 5.73 Å². The van der Waals surface area contributed by atoms with Gasteiger partial charge in [-0.1, -0.05) is 12.8 Å². The van der Waals surface area contributed by atoms with Crippen molar-refractivity contribution in [3.63, 3.8) is 0 Å². The van der Waals surface area contributed by atoms with Gasteiger partial charge in [-0.05, 0) is 28.8 Å². The van der Waals surface area contributed by atoms with Crippen LogP contribution in [0.5, 0.6) is 0 Å². The van der Waals surface area contributed by atoms with Crippen LogP contribution in [-0.2, 0) is 11.3 Å². The number of halogens is 1. The van der Waals surface area contributed by atoms with Gasteiger partial charge >= 0.3 is 5.69 Å².